The SMILES string of the molecule is CC(C)(O/N=C(/C(=O)N[C@@H]1C(=O)N(S(=O)(=O)O)[C@@H]1Cn1ccnn1)c1csc(N)n1)C(=O)O. The summed E-state index contributed by atoms with van der Waals surface area (Å²) in [5.74, 6) is -3.51. The van der Waals surface area contributed by atoms with Crippen LogP contribution in [-0.2, 0) is 36.1 Å². The zero-order valence-corrected chi connectivity index (χ0v) is 18.6. The maximum Gasteiger partial charge on any atom is 0.362 e. The van der Waals surface area contributed by atoms with Crippen molar-refractivity contribution in [2.24, 2.45) is 5.16 Å². The first kappa shape index (κ1) is 24.0. The molecular formula is C15H18N8O8S2. The maximum atomic E-state index is 12.9. The molecule has 0 bridgehead atoms. The van der Waals surface area contributed by atoms with Gasteiger partial charge in [-0.3, -0.25) is 18.8 Å². The van der Waals surface area contributed by atoms with Gasteiger partial charge in [-0.15, -0.1) is 16.4 Å². The first-order valence-corrected chi connectivity index (χ1v) is 11.3. The molecule has 2 amide bonds. The van der Waals surface area contributed by atoms with Crippen molar-refractivity contribution in [3.05, 3.63) is 23.5 Å². The number of β-lactam (4-membered cyclic amide) rings is 1. The molecule has 18 heteroatoms. The van der Waals surface area contributed by atoms with Crippen LogP contribution in [0.3, 0.4) is 0 Å². The molecule has 3 rings (SSSR count). The van der Waals surface area contributed by atoms with E-state index in [1.807, 2.05) is 0 Å². The summed E-state index contributed by atoms with van der Waals surface area (Å²) < 4.78 is 34.0. The van der Waals surface area contributed by atoms with Gasteiger partial charge >= 0.3 is 16.3 Å². The lowest BCUT2D eigenvalue weighted by Crippen LogP contribution is -2.73. The molecule has 1 fully saturated rings. The van der Waals surface area contributed by atoms with E-state index in [9.17, 15) is 32.5 Å². The second kappa shape index (κ2) is 8.71. The molecule has 0 aliphatic carbocycles. The first-order chi connectivity index (χ1) is 15.3. The highest BCUT2D eigenvalue weighted by Crippen LogP contribution is 2.25. The van der Waals surface area contributed by atoms with E-state index in [2.05, 4.69) is 25.8 Å². The number of amides is 2. The number of aromatic nitrogens is 4. The van der Waals surface area contributed by atoms with E-state index in [-0.39, 0.29) is 21.7 Å². The predicted octanol–water partition coefficient (Wildman–Crippen LogP) is -1.90. The van der Waals surface area contributed by atoms with Crippen LogP contribution in [0.15, 0.2) is 22.9 Å². The number of oxime groups is 1. The number of aliphatic carboxylic acids is 1. The zero-order valence-electron chi connectivity index (χ0n) is 17.0. The third-order valence-electron chi connectivity index (χ3n) is 4.41. The van der Waals surface area contributed by atoms with E-state index in [1.54, 1.807) is 0 Å². The molecule has 0 unspecified atom stereocenters. The Kier molecular flexibility index (Phi) is 6.34. The number of nitrogens with two attached hydrogens (primary N) is 1. The summed E-state index contributed by atoms with van der Waals surface area (Å²) in [6.45, 7) is 2.16. The number of rotatable bonds is 9. The third kappa shape index (κ3) is 5.07. The fourth-order valence-corrected chi connectivity index (χ4v) is 4.09. The fourth-order valence-electron chi connectivity index (χ4n) is 2.67. The lowest BCUT2D eigenvalue weighted by molar-refractivity contribution is -0.161. The number of anilines is 1. The lowest BCUT2D eigenvalue weighted by atomic mass is 9.98. The van der Waals surface area contributed by atoms with Crippen LogP contribution in [0.4, 0.5) is 5.13 Å². The number of nitrogen functional groups attached to an aromatic ring is 1. The summed E-state index contributed by atoms with van der Waals surface area (Å²) in [6, 6.07) is -2.64. The van der Waals surface area contributed by atoms with Crippen LogP contribution in [0, 0.1) is 0 Å². The third-order valence-corrected chi connectivity index (χ3v) is 6.03. The molecule has 16 nitrogen and oxygen atoms in total. The van der Waals surface area contributed by atoms with Gasteiger partial charge in [-0.25, -0.2) is 14.1 Å². The van der Waals surface area contributed by atoms with Crippen molar-refractivity contribution in [1.82, 2.24) is 29.6 Å². The summed E-state index contributed by atoms with van der Waals surface area (Å²) in [6.07, 6.45) is 2.70. The average Bonchev–Trinajstić information content (AvgIpc) is 3.36. The van der Waals surface area contributed by atoms with Gasteiger partial charge in [0.25, 0.3) is 11.8 Å². The Labute approximate surface area is 189 Å². The van der Waals surface area contributed by atoms with Gasteiger partial charge in [0.1, 0.15) is 11.7 Å². The Morgan fingerprint density at radius 3 is 2.64 bits per heavy atom. The Morgan fingerprint density at radius 2 is 2.12 bits per heavy atom. The van der Waals surface area contributed by atoms with Crippen LogP contribution in [0.5, 0.6) is 0 Å². The molecule has 1 aliphatic rings. The monoisotopic (exact) mass is 502 g/mol. The van der Waals surface area contributed by atoms with Crippen molar-refractivity contribution in [3.8, 4) is 0 Å². The number of hydrogen-bond acceptors (Lipinski definition) is 12. The van der Waals surface area contributed by atoms with Crippen molar-refractivity contribution in [2.45, 2.75) is 38.1 Å². The Hall–Kier alpha value is -3.64. The molecule has 0 aromatic carbocycles. The van der Waals surface area contributed by atoms with Crippen LogP contribution in [0.25, 0.3) is 0 Å². The quantitative estimate of drug-likeness (QED) is 0.127. The van der Waals surface area contributed by atoms with Crippen molar-refractivity contribution in [3.63, 3.8) is 0 Å². The van der Waals surface area contributed by atoms with E-state index in [0.29, 0.717) is 0 Å². The minimum atomic E-state index is -4.92. The molecule has 178 valence electrons. The molecule has 2 atom stereocenters. The number of carboxylic acid groups (broad SMARTS) is 1. The fraction of sp³-hybridized carbons (Fsp3) is 0.400. The van der Waals surface area contributed by atoms with Gasteiger partial charge in [0.15, 0.2) is 10.8 Å². The second-order valence-corrected chi connectivity index (χ2v) is 9.35. The first-order valence-electron chi connectivity index (χ1n) is 8.98. The summed E-state index contributed by atoms with van der Waals surface area (Å²) in [5, 5.41) is 23.7. The molecule has 0 saturated carbocycles. The van der Waals surface area contributed by atoms with Gasteiger partial charge in [0.2, 0.25) is 5.60 Å². The molecule has 2 aromatic rings. The number of carboxylic acids is 1. The summed E-state index contributed by atoms with van der Waals surface area (Å²) in [5.41, 5.74) is 3.21. The van der Waals surface area contributed by atoms with Crippen LogP contribution in [0.2, 0.25) is 0 Å². The van der Waals surface area contributed by atoms with Gasteiger partial charge < -0.3 is 21.0 Å². The highest BCUT2D eigenvalue weighted by molar-refractivity contribution is 7.84. The van der Waals surface area contributed by atoms with Crippen LogP contribution < -0.4 is 11.1 Å². The van der Waals surface area contributed by atoms with Gasteiger partial charge in [0.05, 0.1) is 18.8 Å². The van der Waals surface area contributed by atoms with Crippen molar-refractivity contribution < 1.29 is 37.3 Å². The minimum absolute atomic E-state index is 0.0672. The summed E-state index contributed by atoms with van der Waals surface area (Å²) in [4.78, 5) is 45.5. The van der Waals surface area contributed by atoms with Crippen molar-refractivity contribution >= 4 is 50.3 Å². The van der Waals surface area contributed by atoms with E-state index < -0.39 is 51.5 Å². The highest BCUT2D eigenvalue weighted by Gasteiger charge is 2.54. The normalized spacial score (nSPS) is 19.2. The highest BCUT2D eigenvalue weighted by atomic mass is 32.2. The molecule has 0 radical (unpaired) electrons. The molecular weight excluding hydrogens is 484 g/mol. The number of nitrogens with zero attached hydrogens (tertiary/aromatic N) is 6. The maximum absolute atomic E-state index is 12.9. The van der Waals surface area contributed by atoms with E-state index in [0.717, 1.165) is 11.3 Å². The molecule has 33 heavy (non-hydrogen) atoms. The smallest absolute Gasteiger partial charge is 0.362 e. The van der Waals surface area contributed by atoms with E-state index >= 15 is 0 Å². The van der Waals surface area contributed by atoms with Gasteiger partial charge in [-0.05, 0) is 13.8 Å². The number of nitrogens with one attached hydrogen (secondary N) is 1. The number of carbonyl (C=O) groups excluding carboxylic acids is 2. The van der Waals surface area contributed by atoms with Crippen LogP contribution in [-0.4, -0.2) is 83.5 Å². The molecule has 2 aromatic heterocycles. The number of hydrogen-bond donors (Lipinski definition) is 4. The number of carbonyl (C=O) groups is 3. The largest absolute Gasteiger partial charge is 0.478 e. The van der Waals surface area contributed by atoms with Crippen molar-refractivity contribution in [1.29, 1.82) is 0 Å². The number of thiazole rings is 1. The summed E-state index contributed by atoms with van der Waals surface area (Å²) >= 11 is 0.964. The molecule has 1 aliphatic heterocycles. The summed E-state index contributed by atoms with van der Waals surface area (Å²) in [7, 11) is -4.92. The van der Waals surface area contributed by atoms with E-state index in [4.69, 9.17) is 10.6 Å². The Balaban J connectivity index is 1.88. The topological polar surface area (TPSA) is 232 Å². The molecule has 5 N–H and O–H groups in total. The van der Waals surface area contributed by atoms with Gasteiger partial charge in [-0.2, -0.15) is 8.42 Å². The van der Waals surface area contributed by atoms with Crippen molar-refractivity contribution in [2.75, 3.05) is 5.73 Å². The predicted molar refractivity (Wildman–Crippen MR) is 110 cm³/mol. The second-order valence-electron chi connectivity index (χ2n) is 7.17. The zero-order chi connectivity index (χ0) is 24.6. The molecule has 3 heterocycles. The standard InChI is InChI=1S/C15H18N8O8S2/c1-15(2,13(26)27)31-20-9(7-6-32-14(16)18-7)11(24)19-10-8(5-22-4-3-17-21-22)23(12(10)25)33(28,29)30/h3-4,6,8,10H,5H2,1-2H3,(H2,16,18)(H,19,24)(H,26,27)(H,28,29,30)/b20-9+/t8-,10+/m1/s1. The Bertz CT molecular complexity index is 1210. The lowest BCUT2D eigenvalue weighted by Gasteiger charge is -2.43. The minimum Gasteiger partial charge on any atom is -0.478 e. The molecule has 0 spiro atoms. The van der Waals surface area contributed by atoms with Gasteiger partial charge in [-0.1, -0.05) is 10.4 Å². The van der Waals surface area contributed by atoms with Crippen LogP contribution in [0.1, 0.15) is 19.5 Å². The molecule has 1 saturated heterocycles. The average molecular weight is 502 g/mol. The van der Waals surface area contributed by atoms with E-state index in [1.165, 1.54) is 36.3 Å². The van der Waals surface area contributed by atoms with Crippen LogP contribution >= 0.6 is 11.3 Å². The van der Waals surface area contributed by atoms with Gasteiger partial charge in [0, 0.05) is 11.6 Å². The Morgan fingerprint density at radius 1 is 1.42 bits per heavy atom.